The fourth-order valence-electron chi connectivity index (χ4n) is 1.38. The maximum Gasteiger partial charge on any atom is 0.224 e. The number of rotatable bonds is 7. The molecule has 0 aliphatic heterocycles. The van der Waals surface area contributed by atoms with Crippen LogP contribution < -0.4 is 10.6 Å². The van der Waals surface area contributed by atoms with Crippen LogP contribution >= 0.6 is 11.6 Å². The molecule has 0 amide bonds. The standard InChI is InChI=1S/C11H19ClN4O/c1-3-5-8(17)6-14-10-9(12)7-15-11(16-10)13-4-2/h7-8,17H,3-6H2,1-2H3,(H2,13,14,15,16). The van der Waals surface area contributed by atoms with Crippen LogP contribution in [0.1, 0.15) is 26.7 Å². The smallest absolute Gasteiger partial charge is 0.224 e. The molecule has 3 N–H and O–H groups in total. The van der Waals surface area contributed by atoms with Crippen LogP contribution in [0, 0.1) is 0 Å². The maximum absolute atomic E-state index is 9.61. The number of hydrogen-bond acceptors (Lipinski definition) is 5. The van der Waals surface area contributed by atoms with Gasteiger partial charge in [-0.3, -0.25) is 0 Å². The molecule has 1 atom stereocenters. The van der Waals surface area contributed by atoms with E-state index < -0.39 is 0 Å². The molecule has 1 aromatic rings. The van der Waals surface area contributed by atoms with Gasteiger partial charge in [0.2, 0.25) is 5.95 Å². The van der Waals surface area contributed by atoms with E-state index in [0.717, 1.165) is 19.4 Å². The number of aliphatic hydroxyl groups is 1. The molecular weight excluding hydrogens is 240 g/mol. The van der Waals surface area contributed by atoms with Gasteiger partial charge >= 0.3 is 0 Å². The second-order valence-corrected chi connectivity index (χ2v) is 4.15. The minimum Gasteiger partial charge on any atom is -0.391 e. The van der Waals surface area contributed by atoms with Gasteiger partial charge in [0.15, 0.2) is 5.82 Å². The molecule has 0 fully saturated rings. The first kappa shape index (κ1) is 14.0. The molecule has 6 heteroatoms. The maximum atomic E-state index is 9.61. The van der Waals surface area contributed by atoms with E-state index in [1.54, 1.807) is 6.20 Å². The normalized spacial score (nSPS) is 12.2. The zero-order chi connectivity index (χ0) is 12.7. The number of aliphatic hydroxyl groups excluding tert-OH is 1. The summed E-state index contributed by atoms with van der Waals surface area (Å²) < 4.78 is 0. The third-order valence-electron chi connectivity index (χ3n) is 2.21. The molecule has 0 radical (unpaired) electrons. The van der Waals surface area contributed by atoms with Crippen molar-refractivity contribution in [2.24, 2.45) is 0 Å². The van der Waals surface area contributed by atoms with Gasteiger partial charge in [-0.25, -0.2) is 4.98 Å². The second-order valence-electron chi connectivity index (χ2n) is 3.74. The molecule has 1 rings (SSSR count). The van der Waals surface area contributed by atoms with Crippen LogP contribution in [-0.4, -0.2) is 34.3 Å². The number of nitrogens with one attached hydrogen (secondary N) is 2. The number of hydrogen-bond donors (Lipinski definition) is 3. The predicted molar refractivity (Wildman–Crippen MR) is 70.6 cm³/mol. The average Bonchev–Trinajstić information content (AvgIpc) is 2.30. The summed E-state index contributed by atoms with van der Waals surface area (Å²) >= 11 is 5.96. The second kappa shape index (κ2) is 7.29. The minimum atomic E-state index is -0.381. The zero-order valence-electron chi connectivity index (χ0n) is 10.2. The Kier molecular flexibility index (Phi) is 6.00. The Hall–Kier alpha value is -1.07. The molecule has 96 valence electrons. The fourth-order valence-corrected chi connectivity index (χ4v) is 1.54. The van der Waals surface area contributed by atoms with Gasteiger partial charge in [-0.05, 0) is 13.3 Å². The van der Waals surface area contributed by atoms with E-state index in [2.05, 4.69) is 20.6 Å². The Morgan fingerprint density at radius 2 is 2.18 bits per heavy atom. The highest BCUT2D eigenvalue weighted by Crippen LogP contribution is 2.19. The fraction of sp³-hybridized carbons (Fsp3) is 0.636. The van der Waals surface area contributed by atoms with Gasteiger partial charge in [0.25, 0.3) is 0 Å². The lowest BCUT2D eigenvalue weighted by Crippen LogP contribution is -2.20. The summed E-state index contributed by atoms with van der Waals surface area (Å²) in [5, 5.41) is 16.1. The van der Waals surface area contributed by atoms with Gasteiger partial charge in [-0.2, -0.15) is 4.98 Å². The van der Waals surface area contributed by atoms with Gasteiger partial charge in [0, 0.05) is 13.1 Å². The first-order chi connectivity index (χ1) is 8.17. The molecular formula is C11H19ClN4O. The SMILES string of the molecule is CCCC(O)CNc1nc(NCC)ncc1Cl. The van der Waals surface area contributed by atoms with Gasteiger partial charge in [0.05, 0.1) is 12.3 Å². The van der Waals surface area contributed by atoms with Crippen molar-refractivity contribution in [2.45, 2.75) is 32.8 Å². The van der Waals surface area contributed by atoms with Crippen molar-refractivity contribution >= 4 is 23.4 Å². The highest BCUT2D eigenvalue weighted by atomic mass is 35.5. The zero-order valence-corrected chi connectivity index (χ0v) is 11.0. The lowest BCUT2D eigenvalue weighted by atomic mass is 10.2. The summed E-state index contributed by atoms with van der Waals surface area (Å²) in [6.45, 7) is 5.19. The lowest BCUT2D eigenvalue weighted by molar-refractivity contribution is 0.176. The topological polar surface area (TPSA) is 70.1 Å². The Labute approximate surface area is 107 Å². The predicted octanol–water partition coefficient (Wildman–Crippen LogP) is 2.13. The molecule has 0 bridgehead atoms. The largest absolute Gasteiger partial charge is 0.391 e. The van der Waals surface area contributed by atoms with E-state index in [1.807, 2.05) is 13.8 Å². The Morgan fingerprint density at radius 1 is 1.41 bits per heavy atom. The summed E-state index contributed by atoms with van der Waals surface area (Å²) in [7, 11) is 0. The molecule has 0 spiro atoms. The summed E-state index contributed by atoms with van der Waals surface area (Å²) in [4.78, 5) is 8.25. The molecule has 5 nitrogen and oxygen atoms in total. The highest BCUT2D eigenvalue weighted by molar-refractivity contribution is 6.32. The van der Waals surface area contributed by atoms with Crippen molar-refractivity contribution in [2.75, 3.05) is 23.7 Å². The molecule has 0 saturated carbocycles. The van der Waals surface area contributed by atoms with E-state index in [1.165, 1.54) is 0 Å². The monoisotopic (exact) mass is 258 g/mol. The average molecular weight is 259 g/mol. The van der Waals surface area contributed by atoms with Crippen molar-refractivity contribution < 1.29 is 5.11 Å². The minimum absolute atomic E-state index is 0.381. The first-order valence-corrected chi connectivity index (χ1v) is 6.23. The van der Waals surface area contributed by atoms with E-state index >= 15 is 0 Å². The van der Waals surface area contributed by atoms with Gasteiger partial charge in [-0.1, -0.05) is 24.9 Å². The van der Waals surface area contributed by atoms with E-state index in [9.17, 15) is 5.11 Å². The third-order valence-corrected chi connectivity index (χ3v) is 2.48. The molecule has 0 saturated heterocycles. The number of halogens is 1. The number of aromatic nitrogens is 2. The van der Waals surface area contributed by atoms with Crippen molar-refractivity contribution in [3.63, 3.8) is 0 Å². The number of nitrogens with zero attached hydrogens (tertiary/aromatic N) is 2. The van der Waals surface area contributed by atoms with Crippen LogP contribution in [0.25, 0.3) is 0 Å². The van der Waals surface area contributed by atoms with Crippen molar-refractivity contribution in [3.8, 4) is 0 Å². The van der Waals surface area contributed by atoms with Crippen molar-refractivity contribution in [3.05, 3.63) is 11.2 Å². The Balaban J connectivity index is 2.59. The first-order valence-electron chi connectivity index (χ1n) is 5.85. The van der Waals surface area contributed by atoms with Gasteiger partial charge in [0.1, 0.15) is 5.02 Å². The summed E-state index contributed by atoms with van der Waals surface area (Å²) in [6.07, 6.45) is 2.87. The van der Waals surface area contributed by atoms with Crippen molar-refractivity contribution in [1.82, 2.24) is 9.97 Å². The molecule has 0 aliphatic rings. The number of anilines is 2. The van der Waals surface area contributed by atoms with Crippen LogP contribution in [0.3, 0.4) is 0 Å². The van der Waals surface area contributed by atoms with Crippen LogP contribution in [0.4, 0.5) is 11.8 Å². The van der Waals surface area contributed by atoms with Gasteiger partial charge in [-0.15, -0.1) is 0 Å². The quantitative estimate of drug-likeness (QED) is 0.699. The van der Waals surface area contributed by atoms with Crippen LogP contribution in [0.15, 0.2) is 6.20 Å². The summed E-state index contributed by atoms with van der Waals surface area (Å²) in [5.74, 6) is 1.08. The van der Waals surface area contributed by atoms with Crippen LogP contribution in [0.5, 0.6) is 0 Å². The molecule has 17 heavy (non-hydrogen) atoms. The van der Waals surface area contributed by atoms with Crippen LogP contribution in [-0.2, 0) is 0 Å². The van der Waals surface area contributed by atoms with Crippen molar-refractivity contribution in [1.29, 1.82) is 0 Å². The molecule has 1 heterocycles. The molecule has 0 aromatic carbocycles. The Morgan fingerprint density at radius 3 is 2.82 bits per heavy atom. The van der Waals surface area contributed by atoms with Gasteiger partial charge < -0.3 is 15.7 Å². The third kappa shape index (κ3) is 4.75. The highest BCUT2D eigenvalue weighted by Gasteiger charge is 2.07. The Bertz CT molecular complexity index is 348. The summed E-state index contributed by atoms with van der Waals surface area (Å²) in [5.41, 5.74) is 0. The van der Waals surface area contributed by atoms with E-state index in [4.69, 9.17) is 11.6 Å². The van der Waals surface area contributed by atoms with E-state index in [-0.39, 0.29) is 6.10 Å². The van der Waals surface area contributed by atoms with Crippen LogP contribution in [0.2, 0.25) is 5.02 Å². The summed E-state index contributed by atoms with van der Waals surface area (Å²) in [6, 6.07) is 0. The molecule has 1 aromatic heterocycles. The molecule has 0 aliphatic carbocycles. The van der Waals surface area contributed by atoms with E-state index in [0.29, 0.717) is 23.3 Å². The molecule has 1 unspecified atom stereocenters. The lowest BCUT2D eigenvalue weighted by Gasteiger charge is -2.12.